The molecule has 28 heavy (non-hydrogen) atoms. The van der Waals surface area contributed by atoms with Crippen molar-refractivity contribution in [3.63, 3.8) is 0 Å². The minimum Gasteiger partial charge on any atom is -0.490 e. The third-order valence-electron chi connectivity index (χ3n) is 4.33. The van der Waals surface area contributed by atoms with Crippen molar-refractivity contribution in [2.45, 2.75) is 18.8 Å². The summed E-state index contributed by atoms with van der Waals surface area (Å²) in [5, 5.41) is 0. The molecule has 0 unspecified atom stereocenters. The van der Waals surface area contributed by atoms with Gasteiger partial charge in [-0.25, -0.2) is 0 Å². The van der Waals surface area contributed by atoms with Gasteiger partial charge in [0.05, 0.1) is 12.1 Å². The van der Waals surface area contributed by atoms with Crippen LogP contribution in [0.4, 0.5) is 13.2 Å². The molecule has 1 aliphatic heterocycles. The van der Waals surface area contributed by atoms with Crippen LogP contribution in [0.15, 0.2) is 65.6 Å². The monoisotopic (exact) mass is 388 g/mol. The summed E-state index contributed by atoms with van der Waals surface area (Å²) in [5.74, 6) is 0.567. The van der Waals surface area contributed by atoms with E-state index in [0.717, 1.165) is 12.1 Å². The largest absolute Gasteiger partial charge is 0.490 e. The number of hydrogen-bond donors (Lipinski definition) is 0. The lowest BCUT2D eigenvalue weighted by Crippen LogP contribution is -2.23. The van der Waals surface area contributed by atoms with Gasteiger partial charge in [0.15, 0.2) is 6.10 Å². The maximum atomic E-state index is 12.9. The van der Waals surface area contributed by atoms with Crippen LogP contribution in [-0.4, -0.2) is 22.3 Å². The number of halogens is 3. The number of aromatic nitrogens is 2. The van der Waals surface area contributed by atoms with Crippen LogP contribution in [0, 0.1) is 0 Å². The molecule has 1 atom stereocenters. The summed E-state index contributed by atoms with van der Waals surface area (Å²) >= 11 is 0. The Morgan fingerprint density at radius 3 is 2.64 bits per heavy atom. The number of fused-ring (bicyclic) bond motifs is 1. The first-order chi connectivity index (χ1) is 13.4. The third-order valence-corrected chi connectivity index (χ3v) is 4.33. The molecule has 0 N–H and O–H groups in total. The van der Waals surface area contributed by atoms with Gasteiger partial charge in [-0.2, -0.15) is 18.2 Å². The maximum absolute atomic E-state index is 12.9. The van der Waals surface area contributed by atoms with Crippen LogP contribution in [0.25, 0.3) is 11.1 Å². The van der Waals surface area contributed by atoms with Crippen LogP contribution in [0.3, 0.4) is 0 Å². The average molecular weight is 388 g/mol. The molecule has 4 rings (SSSR count). The van der Waals surface area contributed by atoms with Gasteiger partial charge >= 0.3 is 6.18 Å². The van der Waals surface area contributed by atoms with Gasteiger partial charge in [-0.05, 0) is 35.4 Å². The van der Waals surface area contributed by atoms with Crippen molar-refractivity contribution in [2.75, 3.05) is 6.61 Å². The van der Waals surface area contributed by atoms with Crippen molar-refractivity contribution in [3.05, 3.63) is 76.7 Å². The Balaban J connectivity index is 1.40. The van der Waals surface area contributed by atoms with E-state index in [1.165, 1.54) is 12.1 Å². The first-order valence-electron chi connectivity index (χ1n) is 8.53. The molecule has 5 nitrogen and oxygen atoms in total. The smallest absolute Gasteiger partial charge is 0.416 e. The second kappa shape index (κ2) is 7.03. The molecule has 0 fully saturated rings. The molecule has 1 aliphatic rings. The SMILES string of the molecule is O=c1ccn2c(n1)O[C@H](COc1ccc(-c3cccc(C(F)(F)F)c3)cc1)C2. The fourth-order valence-electron chi connectivity index (χ4n) is 2.95. The highest BCUT2D eigenvalue weighted by molar-refractivity contribution is 5.65. The van der Waals surface area contributed by atoms with Crippen LogP contribution >= 0.6 is 0 Å². The lowest BCUT2D eigenvalue weighted by atomic mass is 10.0. The van der Waals surface area contributed by atoms with Gasteiger partial charge in [-0.3, -0.25) is 9.36 Å². The zero-order chi connectivity index (χ0) is 19.7. The summed E-state index contributed by atoms with van der Waals surface area (Å²) in [6.07, 6.45) is -3.04. The molecule has 3 aromatic rings. The number of benzene rings is 2. The lowest BCUT2D eigenvalue weighted by Gasteiger charge is -2.12. The second-order valence-corrected chi connectivity index (χ2v) is 6.35. The number of rotatable bonds is 4. The number of hydrogen-bond acceptors (Lipinski definition) is 4. The highest BCUT2D eigenvalue weighted by atomic mass is 19.4. The van der Waals surface area contributed by atoms with Crippen molar-refractivity contribution in [2.24, 2.45) is 0 Å². The van der Waals surface area contributed by atoms with E-state index in [1.807, 2.05) is 0 Å². The summed E-state index contributed by atoms with van der Waals surface area (Å²) < 4.78 is 51.6. The predicted molar refractivity (Wildman–Crippen MR) is 95.3 cm³/mol. The molecular formula is C20H15F3N2O3. The lowest BCUT2D eigenvalue weighted by molar-refractivity contribution is -0.137. The molecule has 8 heteroatoms. The topological polar surface area (TPSA) is 53.4 Å². The Hall–Kier alpha value is -3.29. The van der Waals surface area contributed by atoms with Gasteiger partial charge in [-0.15, -0.1) is 0 Å². The Labute approximate surface area is 158 Å². The third kappa shape index (κ3) is 3.85. The molecule has 0 radical (unpaired) electrons. The van der Waals surface area contributed by atoms with E-state index in [1.54, 1.807) is 41.1 Å². The zero-order valence-electron chi connectivity index (χ0n) is 14.5. The normalized spacial score (nSPS) is 15.8. The summed E-state index contributed by atoms with van der Waals surface area (Å²) in [5.41, 5.74) is 0.0890. The van der Waals surface area contributed by atoms with Crippen LogP contribution in [-0.2, 0) is 12.7 Å². The summed E-state index contributed by atoms with van der Waals surface area (Å²) in [4.78, 5) is 15.0. The van der Waals surface area contributed by atoms with Gasteiger partial charge < -0.3 is 9.47 Å². The zero-order valence-corrected chi connectivity index (χ0v) is 14.5. The first kappa shape index (κ1) is 18.1. The molecule has 144 valence electrons. The molecule has 0 bridgehead atoms. The summed E-state index contributed by atoms with van der Waals surface area (Å²) in [7, 11) is 0. The molecule has 0 amide bonds. The van der Waals surface area contributed by atoms with Crippen molar-refractivity contribution in [1.82, 2.24) is 9.55 Å². The van der Waals surface area contributed by atoms with Crippen molar-refractivity contribution in [3.8, 4) is 22.9 Å². The highest BCUT2D eigenvalue weighted by Gasteiger charge is 2.30. The Morgan fingerprint density at radius 1 is 1.11 bits per heavy atom. The van der Waals surface area contributed by atoms with Gasteiger partial charge in [0.1, 0.15) is 12.4 Å². The van der Waals surface area contributed by atoms with Crippen LogP contribution in [0.2, 0.25) is 0 Å². The number of nitrogens with zero attached hydrogens (tertiary/aromatic N) is 2. The average Bonchev–Trinajstić information content (AvgIpc) is 3.08. The Kier molecular flexibility index (Phi) is 4.54. The molecule has 0 saturated heterocycles. The maximum Gasteiger partial charge on any atom is 0.416 e. The van der Waals surface area contributed by atoms with E-state index in [2.05, 4.69) is 4.98 Å². The van der Waals surface area contributed by atoms with E-state index in [0.29, 0.717) is 23.4 Å². The summed E-state index contributed by atoms with van der Waals surface area (Å²) in [6.45, 7) is 0.769. The minimum absolute atomic E-state index is 0.250. The highest BCUT2D eigenvalue weighted by Crippen LogP contribution is 2.32. The van der Waals surface area contributed by atoms with Crippen molar-refractivity contribution < 1.29 is 22.6 Å². The predicted octanol–water partition coefficient (Wildman–Crippen LogP) is 3.77. The molecular weight excluding hydrogens is 373 g/mol. The van der Waals surface area contributed by atoms with E-state index < -0.39 is 11.7 Å². The van der Waals surface area contributed by atoms with Crippen molar-refractivity contribution in [1.29, 1.82) is 0 Å². The Morgan fingerprint density at radius 2 is 1.89 bits per heavy atom. The fraction of sp³-hybridized carbons (Fsp3) is 0.200. The number of alkyl halides is 3. The number of ether oxygens (including phenoxy) is 2. The van der Waals surface area contributed by atoms with Gasteiger partial charge in [0.2, 0.25) is 0 Å². The van der Waals surface area contributed by atoms with E-state index in [4.69, 9.17) is 9.47 Å². The molecule has 2 aromatic carbocycles. The molecule has 1 aromatic heterocycles. The fourth-order valence-corrected chi connectivity index (χ4v) is 2.95. The van der Waals surface area contributed by atoms with Crippen LogP contribution in [0.5, 0.6) is 11.8 Å². The van der Waals surface area contributed by atoms with Gasteiger partial charge in [-0.1, -0.05) is 24.3 Å². The van der Waals surface area contributed by atoms with Gasteiger partial charge in [0, 0.05) is 12.3 Å². The van der Waals surface area contributed by atoms with Gasteiger partial charge in [0.25, 0.3) is 11.6 Å². The molecule has 2 heterocycles. The molecule has 0 aliphatic carbocycles. The van der Waals surface area contributed by atoms with Crippen molar-refractivity contribution >= 4 is 0 Å². The van der Waals surface area contributed by atoms with E-state index >= 15 is 0 Å². The molecule has 0 spiro atoms. The van der Waals surface area contributed by atoms with E-state index in [-0.39, 0.29) is 24.3 Å². The minimum atomic E-state index is -4.38. The van der Waals surface area contributed by atoms with Crippen LogP contribution in [0.1, 0.15) is 5.56 Å². The first-order valence-corrected chi connectivity index (χ1v) is 8.53. The summed E-state index contributed by atoms with van der Waals surface area (Å²) in [6, 6.07) is 13.6. The quantitative estimate of drug-likeness (QED) is 0.683. The molecule has 0 saturated carbocycles. The standard InChI is InChI=1S/C20H15F3N2O3/c21-20(22,23)15-3-1-2-14(10-15)13-4-6-16(7-5-13)27-12-17-11-25-9-8-18(26)24-19(25)28-17/h1-10,17H,11-12H2/t17-/m0/s1. The van der Waals surface area contributed by atoms with Crippen LogP contribution < -0.4 is 15.0 Å². The second-order valence-electron chi connectivity index (χ2n) is 6.35. The van der Waals surface area contributed by atoms with E-state index in [9.17, 15) is 18.0 Å². The Bertz CT molecular complexity index is 1050.